The minimum atomic E-state index is -3.94. The number of hydrogen-bond acceptors (Lipinski definition) is 4. The van der Waals surface area contributed by atoms with E-state index in [0.717, 1.165) is 0 Å². The van der Waals surface area contributed by atoms with Gasteiger partial charge in [-0.2, -0.15) is 8.42 Å². The van der Waals surface area contributed by atoms with E-state index in [1.165, 1.54) is 14.2 Å². The summed E-state index contributed by atoms with van der Waals surface area (Å²) in [5.41, 5.74) is 0. The zero-order valence-corrected chi connectivity index (χ0v) is 6.94. The van der Waals surface area contributed by atoms with E-state index >= 15 is 0 Å². The van der Waals surface area contributed by atoms with Gasteiger partial charge in [0.25, 0.3) is 0 Å². The molecule has 0 N–H and O–H groups in total. The molecule has 7 heteroatoms. The Balaban J connectivity index is 4.42. The predicted molar refractivity (Wildman–Crippen MR) is 36.2 cm³/mol. The van der Waals surface area contributed by atoms with Crippen molar-refractivity contribution in [3.8, 4) is 0 Å². The lowest BCUT2D eigenvalue weighted by Crippen LogP contribution is -2.05. The Morgan fingerprint density at radius 3 is 1.90 bits per heavy atom. The fourth-order valence-electron chi connectivity index (χ4n) is 0.247. The molecule has 0 spiro atoms. The summed E-state index contributed by atoms with van der Waals surface area (Å²) in [7, 11) is 3.20. The largest absolute Gasteiger partial charge is 0.453 e. The van der Waals surface area contributed by atoms with Gasteiger partial charge in [-0.05, 0) is 0 Å². The molecule has 0 fully saturated rings. The second-order valence-corrected chi connectivity index (χ2v) is 3.35. The van der Waals surface area contributed by atoms with E-state index in [2.05, 4.69) is 13.9 Å². The van der Waals surface area contributed by atoms with Crippen LogP contribution in [0.1, 0.15) is 0 Å². The van der Waals surface area contributed by atoms with Gasteiger partial charge in [0.05, 0.1) is 14.2 Å². The second kappa shape index (κ2) is 3.62. The number of halogens is 1. The molecule has 0 aromatic heterocycles. The van der Waals surface area contributed by atoms with E-state index < -0.39 is 15.3 Å². The molecule has 0 heterocycles. The third-order valence-corrected chi connectivity index (χ3v) is 1.11. The molecule has 0 aliphatic heterocycles. The van der Waals surface area contributed by atoms with Crippen LogP contribution in [0.25, 0.3) is 0 Å². The lowest BCUT2D eigenvalue weighted by molar-refractivity contribution is 0.244. The zero-order valence-electron chi connectivity index (χ0n) is 5.37. The Morgan fingerprint density at radius 1 is 1.40 bits per heavy atom. The fraction of sp³-hybridized carbons (Fsp3) is 0.667. The van der Waals surface area contributed by atoms with Crippen molar-refractivity contribution in [3.63, 3.8) is 0 Å². The maximum absolute atomic E-state index is 10.2. The molecule has 0 aromatic carbocycles. The molecule has 0 amide bonds. The van der Waals surface area contributed by atoms with E-state index in [1.54, 1.807) is 0 Å². The molecule has 0 unspecified atom stereocenters. The average molecular weight is 188 g/mol. The SMILES string of the molecule is COC(=NS(=O)(=O)Cl)OC. The number of nitrogens with zero attached hydrogens (tertiary/aromatic N) is 1. The lowest BCUT2D eigenvalue weighted by Gasteiger charge is -1.98. The fourth-order valence-corrected chi connectivity index (χ4v) is 0.743. The van der Waals surface area contributed by atoms with Crippen molar-refractivity contribution in [1.82, 2.24) is 0 Å². The normalized spacial score (nSPS) is 10.3. The molecule has 10 heavy (non-hydrogen) atoms. The van der Waals surface area contributed by atoms with Crippen LogP contribution in [0.5, 0.6) is 0 Å². The number of methoxy groups -OCH3 is 2. The van der Waals surface area contributed by atoms with Gasteiger partial charge in [-0.1, -0.05) is 4.40 Å². The monoisotopic (exact) mass is 187 g/mol. The predicted octanol–water partition coefficient (Wildman–Crippen LogP) is 0.119. The van der Waals surface area contributed by atoms with E-state index in [0.29, 0.717) is 0 Å². The van der Waals surface area contributed by atoms with Crippen LogP contribution in [0.2, 0.25) is 0 Å². The smallest absolute Gasteiger partial charge is 0.399 e. The number of hydrogen-bond donors (Lipinski definition) is 0. The van der Waals surface area contributed by atoms with Crippen molar-refractivity contribution >= 4 is 26.0 Å². The first-order chi connectivity index (χ1) is 4.49. The lowest BCUT2D eigenvalue weighted by atomic mass is 11.2. The summed E-state index contributed by atoms with van der Waals surface area (Å²) in [4.78, 5) is 0. The van der Waals surface area contributed by atoms with Crippen LogP contribution in [-0.2, 0) is 18.7 Å². The summed E-state index contributed by atoms with van der Waals surface area (Å²) in [6.07, 6.45) is -0.394. The van der Waals surface area contributed by atoms with Crippen LogP contribution in [0, 0.1) is 0 Å². The highest BCUT2D eigenvalue weighted by molar-refractivity contribution is 8.12. The van der Waals surface area contributed by atoms with Crippen molar-refractivity contribution in [2.24, 2.45) is 4.40 Å². The number of rotatable bonds is 1. The van der Waals surface area contributed by atoms with E-state index in [4.69, 9.17) is 10.7 Å². The van der Waals surface area contributed by atoms with Gasteiger partial charge in [-0.3, -0.25) is 0 Å². The summed E-state index contributed by atoms with van der Waals surface area (Å²) in [6, 6.07) is 0. The van der Waals surface area contributed by atoms with E-state index in [9.17, 15) is 8.42 Å². The van der Waals surface area contributed by atoms with Crippen molar-refractivity contribution in [3.05, 3.63) is 0 Å². The van der Waals surface area contributed by atoms with Crippen molar-refractivity contribution in [2.45, 2.75) is 0 Å². The second-order valence-electron chi connectivity index (χ2n) is 1.18. The van der Waals surface area contributed by atoms with Gasteiger partial charge in [0.15, 0.2) is 0 Å². The molecule has 0 rings (SSSR count). The van der Waals surface area contributed by atoms with Crippen LogP contribution in [0.15, 0.2) is 4.40 Å². The van der Waals surface area contributed by atoms with Crippen molar-refractivity contribution < 1.29 is 17.9 Å². The molecule has 0 aromatic rings. The zero-order chi connectivity index (χ0) is 8.20. The van der Waals surface area contributed by atoms with E-state index in [1.807, 2.05) is 0 Å². The summed E-state index contributed by atoms with van der Waals surface area (Å²) < 4.78 is 31.9. The molecule has 0 saturated heterocycles. The number of ether oxygens (including phenoxy) is 2. The molecule has 0 radical (unpaired) electrons. The Labute approximate surface area is 63.2 Å². The summed E-state index contributed by atoms with van der Waals surface area (Å²) in [6.45, 7) is 0. The minimum absolute atomic E-state index is 0.394. The van der Waals surface area contributed by atoms with Gasteiger partial charge in [-0.15, -0.1) is 0 Å². The highest BCUT2D eigenvalue weighted by atomic mass is 35.7. The van der Waals surface area contributed by atoms with Gasteiger partial charge in [0.1, 0.15) is 0 Å². The van der Waals surface area contributed by atoms with Crippen molar-refractivity contribution in [2.75, 3.05) is 14.2 Å². The maximum atomic E-state index is 10.2. The third-order valence-electron chi connectivity index (χ3n) is 0.533. The summed E-state index contributed by atoms with van der Waals surface area (Å²) >= 11 is 0. The van der Waals surface area contributed by atoms with Gasteiger partial charge in [-0.25, -0.2) is 0 Å². The van der Waals surface area contributed by atoms with Crippen LogP contribution in [0.3, 0.4) is 0 Å². The topological polar surface area (TPSA) is 65.0 Å². The van der Waals surface area contributed by atoms with Gasteiger partial charge in [0.2, 0.25) is 0 Å². The quantitative estimate of drug-likeness (QED) is 0.332. The average Bonchev–Trinajstić information content (AvgIpc) is 1.81. The molecule has 0 atom stereocenters. The Kier molecular flexibility index (Phi) is 3.45. The first-order valence-corrected chi connectivity index (χ1v) is 4.38. The molecule has 0 aliphatic rings. The molecule has 0 saturated carbocycles. The highest BCUT2D eigenvalue weighted by Gasteiger charge is 2.05. The van der Waals surface area contributed by atoms with Gasteiger partial charge < -0.3 is 9.47 Å². The molecule has 0 bridgehead atoms. The van der Waals surface area contributed by atoms with Crippen LogP contribution in [0.4, 0.5) is 0 Å². The van der Waals surface area contributed by atoms with Gasteiger partial charge in [0, 0.05) is 10.7 Å². The minimum Gasteiger partial charge on any atom is -0.453 e. The standard InChI is InChI=1S/C3H6ClNO4S/c1-8-3(9-2)5-10(4,6)7/h1-2H3. The Hall–Kier alpha value is -0.490. The maximum Gasteiger partial charge on any atom is 0.399 e. The van der Waals surface area contributed by atoms with Crippen LogP contribution < -0.4 is 0 Å². The van der Waals surface area contributed by atoms with Crippen LogP contribution in [-0.4, -0.2) is 28.7 Å². The van der Waals surface area contributed by atoms with E-state index in [-0.39, 0.29) is 0 Å². The summed E-state index contributed by atoms with van der Waals surface area (Å²) in [5.74, 6) is 0. The highest BCUT2D eigenvalue weighted by Crippen LogP contribution is 1.98. The first kappa shape index (κ1) is 9.51. The molecular weight excluding hydrogens is 182 g/mol. The Bertz CT molecular complexity index is 215. The Morgan fingerprint density at radius 2 is 1.80 bits per heavy atom. The molecule has 5 nitrogen and oxygen atoms in total. The third kappa shape index (κ3) is 4.39. The van der Waals surface area contributed by atoms with Crippen molar-refractivity contribution in [1.29, 1.82) is 0 Å². The first-order valence-electron chi connectivity index (χ1n) is 2.12. The summed E-state index contributed by atoms with van der Waals surface area (Å²) in [5, 5.41) is 0. The molecular formula is C3H6ClNO4S. The molecule has 60 valence electrons. The van der Waals surface area contributed by atoms with Gasteiger partial charge >= 0.3 is 15.3 Å². The molecule has 0 aliphatic carbocycles. The van der Waals surface area contributed by atoms with Crippen LogP contribution >= 0.6 is 10.7 Å².